The number of aromatic nitrogens is 4. The van der Waals surface area contributed by atoms with E-state index in [1.165, 1.54) is 11.8 Å². The number of hydrogen-bond acceptors (Lipinski definition) is 7. The second-order valence-corrected chi connectivity index (χ2v) is 8.06. The van der Waals surface area contributed by atoms with Crippen molar-refractivity contribution in [2.24, 2.45) is 0 Å². The van der Waals surface area contributed by atoms with Gasteiger partial charge in [0, 0.05) is 17.7 Å². The molecule has 0 aliphatic heterocycles. The van der Waals surface area contributed by atoms with Gasteiger partial charge in [-0.3, -0.25) is 9.36 Å². The molecule has 1 aliphatic carbocycles. The lowest BCUT2D eigenvalue weighted by atomic mass is 10.2. The third-order valence-corrected chi connectivity index (χ3v) is 5.90. The van der Waals surface area contributed by atoms with Crippen LogP contribution in [0.3, 0.4) is 0 Å². The van der Waals surface area contributed by atoms with Crippen molar-refractivity contribution in [1.82, 2.24) is 19.7 Å². The molecule has 2 aromatic heterocycles. The van der Waals surface area contributed by atoms with Gasteiger partial charge in [-0.25, -0.2) is 13.8 Å². The second kappa shape index (κ2) is 7.77. The van der Waals surface area contributed by atoms with Gasteiger partial charge >= 0.3 is 0 Å². The summed E-state index contributed by atoms with van der Waals surface area (Å²) >= 11 is 1.24. The molecule has 1 fully saturated rings. The summed E-state index contributed by atoms with van der Waals surface area (Å²) in [5, 5.41) is 4.47. The Morgan fingerprint density at radius 2 is 1.90 bits per heavy atom. The van der Waals surface area contributed by atoms with Crippen LogP contribution in [-0.2, 0) is 5.75 Å². The van der Waals surface area contributed by atoms with E-state index in [1.54, 1.807) is 23.8 Å². The van der Waals surface area contributed by atoms with Crippen LogP contribution in [0.1, 0.15) is 24.8 Å². The summed E-state index contributed by atoms with van der Waals surface area (Å²) in [6.07, 6.45) is 1.68. The van der Waals surface area contributed by atoms with Crippen LogP contribution in [0, 0.1) is 11.6 Å². The molecule has 0 atom stereocenters. The lowest BCUT2D eigenvalue weighted by molar-refractivity contribution is 0.391. The smallest absolute Gasteiger partial charge is 0.262 e. The minimum Gasteiger partial charge on any atom is -0.497 e. The standard InChI is InChI=1S/C21H16F2N4O3S/c1-29-13-6-2-11(3-7-13)19-25-18(30-26-19)10-31-21-24-17-9-16(23)15(22)8-14(17)20(28)27(21)12-4-5-12/h2-3,6-9,12H,4-5,10H2,1H3. The number of rotatable bonds is 6. The van der Waals surface area contributed by atoms with Crippen molar-refractivity contribution in [3.05, 3.63) is 64.3 Å². The highest BCUT2D eigenvalue weighted by Crippen LogP contribution is 2.37. The Morgan fingerprint density at radius 1 is 1.16 bits per heavy atom. The van der Waals surface area contributed by atoms with Crippen LogP contribution >= 0.6 is 11.8 Å². The molecular weight excluding hydrogens is 426 g/mol. The van der Waals surface area contributed by atoms with Crippen molar-refractivity contribution in [1.29, 1.82) is 0 Å². The fraction of sp³-hybridized carbons (Fsp3) is 0.238. The van der Waals surface area contributed by atoms with Gasteiger partial charge in [0.15, 0.2) is 16.8 Å². The Hall–Kier alpha value is -3.27. The van der Waals surface area contributed by atoms with Crippen LogP contribution in [0.25, 0.3) is 22.3 Å². The highest BCUT2D eigenvalue weighted by Gasteiger charge is 2.29. The van der Waals surface area contributed by atoms with Crippen molar-refractivity contribution in [3.8, 4) is 17.1 Å². The molecular formula is C21H16F2N4O3S. The van der Waals surface area contributed by atoms with Gasteiger partial charge in [-0.1, -0.05) is 16.9 Å². The zero-order chi connectivity index (χ0) is 21.5. The van der Waals surface area contributed by atoms with Crippen LogP contribution in [0.15, 0.2) is 50.9 Å². The van der Waals surface area contributed by atoms with Crippen LogP contribution < -0.4 is 10.3 Å². The van der Waals surface area contributed by atoms with Gasteiger partial charge < -0.3 is 9.26 Å². The number of hydrogen-bond donors (Lipinski definition) is 0. The Balaban J connectivity index is 1.43. The molecule has 0 bridgehead atoms. The first kappa shape index (κ1) is 19.7. The van der Waals surface area contributed by atoms with E-state index in [4.69, 9.17) is 9.26 Å². The topological polar surface area (TPSA) is 83.0 Å². The summed E-state index contributed by atoms with van der Waals surface area (Å²) in [5.74, 6) is -0.316. The molecule has 0 saturated heterocycles. The SMILES string of the molecule is COc1ccc(-c2noc(CSc3nc4cc(F)c(F)cc4c(=O)n3C3CC3)n2)cc1. The molecule has 0 radical (unpaired) electrons. The molecule has 5 rings (SSSR count). The lowest BCUT2D eigenvalue weighted by Crippen LogP contribution is -2.22. The quantitative estimate of drug-likeness (QED) is 0.324. The predicted octanol–water partition coefficient (Wildman–Crippen LogP) is 4.36. The summed E-state index contributed by atoms with van der Waals surface area (Å²) in [7, 11) is 1.59. The van der Waals surface area contributed by atoms with E-state index in [0.717, 1.165) is 36.3 Å². The molecule has 10 heteroatoms. The second-order valence-electron chi connectivity index (χ2n) is 7.11. The minimum absolute atomic E-state index is 0.0116. The third kappa shape index (κ3) is 3.78. The predicted molar refractivity (Wildman–Crippen MR) is 110 cm³/mol. The average Bonchev–Trinajstić information content (AvgIpc) is 3.50. The number of ether oxygens (including phenoxy) is 1. The van der Waals surface area contributed by atoms with Crippen molar-refractivity contribution in [2.75, 3.05) is 7.11 Å². The molecule has 1 aliphatic rings. The van der Waals surface area contributed by atoms with Crippen molar-refractivity contribution < 1.29 is 18.0 Å². The normalized spacial score (nSPS) is 13.6. The van der Waals surface area contributed by atoms with Gasteiger partial charge in [-0.15, -0.1) is 0 Å². The summed E-state index contributed by atoms with van der Waals surface area (Å²) < 4.78 is 39.3. The van der Waals surface area contributed by atoms with E-state index in [2.05, 4.69) is 15.1 Å². The molecule has 2 heterocycles. The molecule has 31 heavy (non-hydrogen) atoms. The van der Waals surface area contributed by atoms with Crippen LogP contribution in [0.4, 0.5) is 8.78 Å². The molecule has 0 unspecified atom stereocenters. The molecule has 0 spiro atoms. The van der Waals surface area contributed by atoms with E-state index in [1.807, 2.05) is 12.1 Å². The first-order valence-electron chi connectivity index (χ1n) is 9.54. The largest absolute Gasteiger partial charge is 0.497 e. The van der Waals surface area contributed by atoms with E-state index < -0.39 is 11.6 Å². The summed E-state index contributed by atoms with van der Waals surface area (Å²) in [6, 6.07) is 9.12. The van der Waals surface area contributed by atoms with E-state index in [9.17, 15) is 13.6 Å². The maximum absolute atomic E-state index is 13.7. The summed E-state index contributed by atoms with van der Waals surface area (Å²) in [4.78, 5) is 21.7. The number of methoxy groups -OCH3 is 1. The van der Waals surface area contributed by atoms with Gasteiger partial charge in [0.2, 0.25) is 11.7 Å². The number of thioether (sulfide) groups is 1. The Bertz CT molecular complexity index is 1330. The van der Waals surface area contributed by atoms with Crippen molar-refractivity contribution in [2.45, 2.75) is 29.8 Å². The molecule has 2 aromatic carbocycles. The Morgan fingerprint density at radius 3 is 2.61 bits per heavy atom. The maximum Gasteiger partial charge on any atom is 0.262 e. The molecule has 0 amide bonds. The zero-order valence-corrected chi connectivity index (χ0v) is 17.2. The lowest BCUT2D eigenvalue weighted by Gasteiger charge is -2.11. The molecule has 4 aromatic rings. The molecule has 1 saturated carbocycles. The summed E-state index contributed by atoms with van der Waals surface area (Å²) in [6.45, 7) is 0. The molecule has 0 N–H and O–H groups in total. The van der Waals surface area contributed by atoms with Crippen LogP contribution in [0.2, 0.25) is 0 Å². The number of nitrogens with zero attached hydrogens (tertiary/aromatic N) is 4. The van der Waals surface area contributed by atoms with Crippen LogP contribution in [-0.4, -0.2) is 26.8 Å². The monoisotopic (exact) mass is 442 g/mol. The van der Waals surface area contributed by atoms with E-state index >= 15 is 0 Å². The van der Waals surface area contributed by atoms with Gasteiger partial charge in [0.25, 0.3) is 5.56 Å². The Labute approximate surface area is 179 Å². The fourth-order valence-electron chi connectivity index (χ4n) is 3.23. The van der Waals surface area contributed by atoms with Crippen molar-refractivity contribution >= 4 is 22.7 Å². The zero-order valence-electron chi connectivity index (χ0n) is 16.3. The number of fused-ring (bicyclic) bond motifs is 1. The highest BCUT2D eigenvalue weighted by atomic mass is 32.2. The fourth-order valence-corrected chi connectivity index (χ4v) is 4.13. The molecule has 7 nitrogen and oxygen atoms in total. The van der Waals surface area contributed by atoms with Crippen molar-refractivity contribution in [3.63, 3.8) is 0 Å². The van der Waals surface area contributed by atoms with Crippen LogP contribution in [0.5, 0.6) is 5.75 Å². The van der Waals surface area contributed by atoms with E-state index in [0.29, 0.717) is 16.9 Å². The number of benzene rings is 2. The van der Waals surface area contributed by atoms with Gasteiger partial charge in [-0.05, 0) is 43.2 Å². The summed E-state index contributed by atoms with van der Waals surface area (Å²) in [5.41, 5.74) is 0.517. The van der Waals surface area contributed by atoms with E-state index in [-0.39, 0.29) is 28.3 Å². The molecule has 158 valence electrons. The highest BCUT2D eigenvalue weighted by molar-refractivity contribution is 7.98. The first-order valence-corrected chi connectivity index (χ1v) is 10.5. The van der Waals surface area contributed by atoms with Gasteiger partial charge in [0.05, 0.1) is 23.8 Å². The minimum atomic E-state index is -1.06. The Kier molecular flexibility index (Phi) is 4.93. The maximum atomic E-state index is 13.7. The number of halogens is 2. The van der Waals surface area contributed by atoms with Gasteiger partial charge in [-0.2, -0.15) is 4.98 Å². The first-order chi connectivity index (χ1) is 15.0. The average molecular weight is 442 g/mol. The van der Waals surface area contributed by atoms with Gasteiger partial charge in [0.1, 0.15) is 5.75 Å². The third-order valence-electron chi connectivity index (χ3n) is 4.96.